The van der Waals surface area contributed by atoms with Gasteiger partial charge in [0.1, 0.15) is 0 Å². The summed E-state index contributed by atoms with van der Waals surface area (Å²) in [4.78, 5) is 8.06. The summed E-state index contributed by atoms with van der Waals surface area (Å²) in [6.45, 7) is 6.30. The lowest BCUT2D eigenvalue weighted by Gasteiger charge is -2.00. The van der Waals surface area contributed by atoms with Crippen LogP contribution in [0.3, 0.4) is 0 Å². The zero-order valence-electron chi connectivity index (χ0n) is 10.1. The lowest BCUT2D eigenvalue weighted by molar-refractivity contribution is 0.823. The van der Waals surface area contributed by atoms with Gasteiger partial charge in [-0.05, 0) is 36.6 Å². The van der Waals surface area contributed by atoms with E-state index in [9.17, 15) is 0 Å². The Hall–Kier alpha value is -1.70. The second kappa shape index (κ2) is 6.72. The standard InChI is InChI=1S/C8H11N.C6H7N/c1-7(2)8-5-3-4-6-9-8;1-6-3-2-4-7-5-6/h3-7H,1-2H3;2-5H,1H3. The summed E-state index contributed by atoms with van der Waals surface area (Å²) < 4.78 is 0. The number of aryl methyl sites for hydroxylation is 1. The van der Waals surface area contributed by atoms with Crippen LogP contribution in [-0.4, -0.2) is 9.97 Å². The minimum atomic E-state index is 0.547. The van der Waals surface area contributed by atoms with E-state index in [4.69, 9.17) is 0 Å². The molecule has 0 aliphatic heterocycles. The molecule has 0 saturated heterocycles. The second-order valence-electron chi connectivity index (χ2n) is 3.94. The highest BCUT2D eigenvalue weighted by Crippen LogP contribution is 2.08. The van der Waals surface area contributed by atoms with Crippen LogP contribution in [0, 0.1) is 6.92 Å². The van der Waals surface area contributed by atoms with Crippen LogP contribution < -0.4 is 0 Å². The van der Waals surface area contributed by atoms with E-state index < -0.39 is 0 Å². The van der Waals surface area contributed by atoms with E-state index in [0.29, 0.717) is 5.92 Å². The normalized spacial score (nSPS) is 9.50. The van der Waals surface area contributed by atoms with Crippen molar-refractivity contribution in [3.05, 3.63) is 60.2 Å². The molecular formula is C14H18N2. The lowest BCUT2D eigenvalue weighted by Crippen LogP contribution is -1.88. The van der Waals surface area contributed by atoms with Gasteiger partial charge in [-0.15, -0.1) is 0 Å². The Morgan fingerprint density at radius 2 is 1.81 bits per heavy atom. The van der Waals surface area contributed by atoms with Crippen molar-refractivity contribution in [2.24, 2.45) is 0 Å². The Balaban J connectivity index is 0.000000165. The van der Waals surface area contributed by atoms with Crippen LogP contribution in [0.15, 0.2) is 48.9 Å². The fraction of sp³-hybridized carbons (Fsp3) is 0.286. The molecular weight excluding hydrogens is 196 g/mol. The van der Waals surface area contributed by atoms with Gasteiger partial charge in [-0.25, -0.2) is 0 Å². The SMILES string of the molecule is CC(C)c1ccccn1.Cc1cccnc1. The molecule has 2 rings (SSSR count). The number of nitrogens with zero attached hydrogens (tertiary/aromatic N) is 2. The van der Waals surface area contributed by atoms with Gasteiger partial charge >= 0.3 is 0 Å². The molecule has 0 atom stereocenters. The predicted octanol–water partition coefficient (Wildman–Crippen LogP) is 3.60. The Kier molecular flexibility index (Phi) is 5.20. The monoisotopic (exact) mass is 214 g/mol. The van der Waals surface area contributed by atoms with E-state index in [1.807, 2.05) is 49.6 Å². The summed E-state index contributed by atoms with van der Waals surface area (Å²) >= 11 is 0. The Labute approximate surface area is 97.4 Å². The van der Waals surface area contributed by atoms with Crippen LogP contribution in [0.2, 0.25) is 0 Å². The molecule has 0 spiro atoms. The predicted molar refractivity (Wildman–Crippen MR) is 67.3 cm³/mol. The molecule has 0 aromatic carbocycles. The average Bonchev–Trinajstić information content (AvgIpc) is 2.32. The molecule has 84 valence electrons. The van der Waals surface area contributed by atoms with E-state index in [-0.39, 0.29) is 0 Å². The third kappa shape index (κ3) is 4.69. The molecule has 0 aliphatic rings. The van der Waals surface area contributed by atoms with Crippen LogP contribution in [0.25, 0.3) is 0 Å². The fourth-order valence-corrected chi connectivity index (χ4v) is 1.17. The van der Waals surface area contributed by atoms with Crippen molar-refractivity contribution >= 4 is 0 Å². The summed E-state index contributed by atoms with van der Waals surface area (Å²) in [5.74, 6) is 0.547. The highest BCUT2D eigenvalue weighted by Gasteiger charge is 1.95. The zero-order chi connectivity index (χ0) is 11.8. The number of hydrogen-bond donors (Lipinski definition) is 0. The molecule has 2 heterocycles. The molecule has 2 heteroatoms. The highest BCUT2D eigenvalue weighted by molar-refractivity contribution is 5.06. The lowest BCUT2D eigenvalue weighted by atomic mass is 10.1. The molecule has 0 amide bonds. The maximum absolute atomic E-state index is 4.18. The Morgan fingerprint density at radius 3 is 2.12 bits per heavy atom. The van der Waals surface area contributed by atoms with Gasteiger partial charge in [0.05, 0.1) is 0 Å². The van der Waals surface area contributed by atoms with Crippen molar-refractivity contribution in [2.75, 3.05) is 0 Å². The van der Waals surface area contributed by atoms with Crippen molar-refractivity contribution in [1.82, 2.24) is 9.97 Å². The molecule has 0 bridgehead atoms. The summed E-state index contributed by atoms with van der Waals surface area (Å²) in [6.07, 6.45) is 5.43. The first-order valence-corrected chi connectivity index (χ1v) is 5.47. The first-order valence-electron chi connectivity index (χ1n) is 5.47. The molecule has 0 N–H and O–H groups in total. The van der Waals surface area contributed by atoms with Gasteiger partial charge in [-0.1, -0.05) is 26.0 Å². The third-order valence-corrected chi connectivity index (χ3v) is 2.09. The zero-order valence-corrected chi connectivity index (χ0v) is 10.1. The molecule has 0 unspecified atom stereocenters. The molecule has 16 heavy (non-hydrogen) atoms. The Morgan fingerprint density at radius 1 is 1.00 bits per heavy atom. The van der Waals surface area contributed by atoms with Crippen LogP contribution in [0.1, 0.15) is 31.0 Å². The van der Waals surface area contributed by atoms with E-state index in [1.165, 1.54) is 5.56 Å². The summed E-state index contributed by atoms with van der Waals surface area (Å²) in [6, 6.07) is 9.95. The number of hydrogen-bond acceptors (Lipinski definition) is 2. The molecule has 2 nitrogen and oxygen atoms in total. The quantitative estimate of drug-likeness (QED) is 0.725. The van der Waals surface area contributed by atoms with Crippen LogP contribution in [-0.2, 0) is 0 Å². The minimum Gasteiger partial charge on any atom is -0.264 e. The molecule has 0 saturated carbocycles. The molecule has 0 fully saturated rings. The van der Waals surface area contributed by atoms with Gasteiger partial charge in [-0.3, -0.25) is 9.97 Å². The fourth-order valence-electron chi connectivity index (χ4n) is 1.17. The minimum absolute atomic E-state index is 0.547. The van der Waals surface area contributed by atoms with E-state index in [0.717, 1.165) is 5.69 Å². The van der Waals surface area contributed by atoms with Crippen LogP contribution >= 0.6 is 0 Å². The van der Waals surface area contributed by atoms with Gasteiger partial charge < -0.3 is 0 Å². The van der Waals surface area contributed by atoms with Gasteiger partial charge in [0.15, 0.2) is 0 Å². The van der Waals surface area contributed by atoms with Crippen molar-refractivity contribution in [2.45, 2.75) is 26.7 Å². The second-order valence-corrected chi connectivity index (χ2v) is 3.94. The largest absolute Gasteiger partial charge is 0.264 e. The first-order chi connectivity index (χ1) is 7.70. The highest BCUT2D eigenvalue weighted by atomic mass is 14.7. The van der Waals surface area contributed by atoms with E-state index in [2.05, 4.69) is 23.8 Å². The van der Waals surface area contributed by atoms with Gasteiger partial charge in [-0.2, -0.15) is 0 Å². The van der Waals surface area contributed by atoms with Gasteiger partial charge in [0.25, 0.3) is 0 Å². The van der Waals surface area contributed by atoms with Crippen molar-refractivity contribution in [3.8, 4) is 0 Å². The maximum atomic E-state index is 4.18. The van der Waals surface area contributed by atoms with Crippen molar-refractivity contribution in [3.63, 3.8) is 0 Å². The van der Waals surface area contributed by atoms with Gasteiger partial charge in [0.2, 0.25) is 0 Å². The van der Waals surface area contributed by atoms with Crippen molar-refractivity contribution < 1.29 is 0 Å². The smallest absolute Gasteiger partial charge is 0.0428 e. The molecule has 0 aliphatic carbocycles. The molecule has 0 radical (unpaired) electrons. The molecule has 2 aromatic heterocycles. The number of aromatic nitrogens is 2. The van der Waals surface area contributed by atoms with E-state index in [1.54, 1.807) is 6.20 Å². The maximum Gasteiger partial charge on any atom is 0.0428 e. The summed E-state index contributed by atoms with van der Waals surface area (Å²) in [7, 11) is 0. The van der Waals surface area contributed by atoms with E-state index >= 15 is 0 Å². The summed E-state index contributed by atoms with van der Waals surface area (Å²) in [5.41, 5.74) is 2.38. The number of pyridine rings is 2. The third-order valence-electron chi connectivity index (χ3n) is 2.09. The van der Waals surface area contributed by atoms with Crippen LogP contribution in [0.5, 0.6) is 0 Å². The first kappa shape index (κ1) is 12.4. The number of rotatable bonds is 1. The summed E-state index contributed by atoms with van der Waals surface area (Å²) in [5, 5.41) is 0. The van der Waals surface area contributed by atoms with Gasteiger partial charge in [0, 0.05) is 24.3 Å². The van der Waals surface area contributed by atoms with Crippen molar-refractivity contribution in [1.29, 1.82) is 0 Å². The Bertz CT molecular complexity index is 382. The molecule has 2 aromatic rings. The van der Waals surface area contributed by atoms with Crippen LogP contribution in [0.4, 0.5) is 0 Å². The average molecular weight is 214 g/mol. The topological polar surface area (TPSA) is 25.8 Å².